The number of ether oxygens (including phenoxy) is 1. The lowest BCUT2D eigenvalue weighted by Crippen LogP contribution is -2.46. The highest BCUT2D eigenvalue weighted by Gasteiger charge is 2.19. The first-order valence-electron chi connectivity index (χ1n) is 9.38. The lowest BCUT2D eigenvalue weighted by Gasteiger charge is -2.35. The van der Waals surface area contributed by atoms with Crippen molar-refractivity contribution in [3.63, 3.8) is 0 Å². The average molecular weight is 369 g/mol. The monoisotopic (exact) mass is 369 g/mol. The van der Waals surface area contributed by atoms with Gasteiger partial charge in [-0.15, -0.1) is 10.2 Å². The number of aromatic nitrogens is 2. The smallest absolute Gasteiger partial charge is 0.271 e. The summed E-state index contributed by atoms with van der Waals surface area (Å²) in [5.74, 6) is 0.628. The van der Waals surface area contributed by atoms with Crippen molar-refractivity contribution in [2.45, 2.75) is 13.0 Å². The summed E-state index contributed by atoms with van der Waals surface area (Å²) in [5.41, 5.74) is 1.69. The van der Waals surface area contributed by atoms with Gasteiger partial charge in [0.25, 0.3) is 5.91 Å². The van der Waals surface area contributed by atoms with Gasteiger partial charge in [-0.1, -0.05) is 30.3 Å². The lowest BCUT2D eigenvalue weighted by atomic mass is 10.2. The minimum Gasteiger partial charge on any atom is -0.385 e. The molecule has 3 rings (SSSR count). The van der Waals surface area contributed by atoms with E-state index in [-0.39, 0.29) is 5.91 Å². The van der Waals surface area contributed by atoms with Crippen molar-refractivity contribution in [3.8, 4) is 0 Å². The first kappa shape index (κ1) is 19.3. The summed E-state index contributed by atoms with van der Waals surface area (Å²) >= 11 is 0. The molecule has 1 aliphatic rings. The van der Waals surface area contributed by atoms with Crippen molar-refractivity contribution in [2.24, 2.45) is 0 Å². The van der Waals surface area contributed by atoms with E-state index in [1.165, 1.54) is 5.56 Å². The number of rotatable bonds is 8. The molecule has 1 N–H and O–H groups in total. The molecule has 144 valence electrons. The largest absolute Gasteiger partial charge is 0.385 e. The summed E-state index contributed by atoms with van der Waals surface area (Å²) < 4.78 is 4.96. The van der Waals surface area contributed by atoms with Gasteiger partial charge in [0.05, 0.1) is 0 Å². The zero-order valence-corrected chi connectivity index (χ0v) is 15.8. The predicted octanol–water partition coefficient (Wildman–Crippen LogP) is 1.57. The Morgan fingerprint density at radius 1 is 1.07 bits per heavy atom. The number of benzene rings is 1. The second-order valence-electron chi connectivity index (χ2n) is 6.63. The quantitative estimate of drug-likeness (QED) is 0.712. The summed E-state index contributed by atoms with van der Waals surface area (Å²) in [7, 11) is 1.65. The molecule has 0 unspecified atom stereocenters. The summed E-state index contributed by atoms with van der Waals surface area (Å²) in [4.78, 5) is 16.7. The van der Waals surface area contributed by atoms with E-state index in [1.807, 2.05) is 12.1 Å². The number of piperazine rings is 1. The van der Waals surface area contributed by atoms with Gasteiger partial charge in [-0.05, 0) is 24.1 Å². The maximum atomic E-state index is 12.0. The Kier molecular flexibility index (Phi) is 7.12. The molecule has 1 aromatic carbocycles. The third kappa shape index (κ3) is 5.74. The van der Waals surface area contributed by atoms with Gasteiger partial charge in [0.2, 0.25) is 0 Å². The van der Waals surface area contributed by atoms with E-state index in [0.29, 0.717) is 18.8 Å². The van der Waals surface area contributed by atoms with Gasteiger partial charge < -0.3 is 15.0 Å². The number of hydrogen-bond donors (Lipinski definition) is 1. The fourth-order valence-corrected chi connectivity index (χ4v) is 3.10. The third-order valence-electron chi connectivity index (χ3n) is 4.64. The maximum Gasteiger partial charge on any atom is 0.271 e. The van der Waals surface area contributed by atoms with Crippen LogP contribution in [-0.2, 0) is 11.3 Å². The number of amides is 1. The van der Waals surface area contributed by atoms with Crippen molar-refractivity contribution in [1.29, 1.82) is 0 Å². The Bertz CT molecular complexity index is 700. The Balaban J connectivity index is 1.46. The molecule has 0 aliphatic carbocycles. The van der Waals surface area contributed by atoms with E-state index in [2.05, 4.69) is 49.6 Å². The molecule has 7 heteroatoms. The van der Waals surface area contributed by atoms with Gasteiger partial charge >= 0.3 is 0 Å². The fraction of sp³-hybridized carbons (Fsp3) is 0.450. The molecule has 1 aliphatic heterocycles. The minimum absolute atomic E-state index is 0.196. The standard InChI is InChI=1S/C20H27N5O2/c1-27-15-5-10-21-20(26)18-8-9-19(23-22-18)25-13-11-24(12-14-25)16-17-6-3-2-4-7-17/h2-4,6-9H,5,10-16H2,1H3,(H,21,26). The van der Waals surface area contributed by atoms with Crippen molar-refractivity contribution in [1.82, 2.24) is 20.4 Å². The topological polar surface area (TPSA) is 70.6 Å². The molecule has 2 heterocycles. The van der Waals surface area contributed by atoms with Gasteiger partial charge in [-0.2, -0.15) is 0 Å². The molecule has 1 aromatic heterocycles. The van der Waals surface area contributed by atoms with Crippen LogP contribution in [0.5, 0.6) is 0 Å². The number of methoxy groups -OCH3 is 1. The van der Waals surface area contributed by atoms with E-state index < -0.39 is 0 Å². The zero-order chi connectivity index (χ0) is 18.9. The summed E-state index contributed by atoms with van der Waals surface area (Å²) in [5, 5.41) is 11.2. The highest BCUT2D eigenvalue weighted by Crippen LogP contribution is 2.14. The van der Waals surface area contributed by atoms with Crippen LogP contribution in [0.15, 0.2) is 42.5 Å². The normalized spacial score (nSPS) is 14.9. The number of nitrogens with zero attached hydrogens (tertiary/aromatic N) is 4. The molecular weight excluding hydrogens is 342 g/mol. The van der Waals surface area contributed by atoms with Crippen LogP contribution in [0.1, 0.15) is 22.5 Å². The van der Waals surface area contributed by atoms with E-state index in [1.54, 1.807) is 13.2 Å². The summed E-state index contributed by atoms with van der Waals surface area (Å²) in [6.07, 6.45) is 0.779. The Labute approximate surface area is 160 Å². The molecule has 1 fully saturated rings. The lowest BCUT2D eigenvalue weighted by molar-refractivity contribution is 0.0942. The summed E-state index contributed by atoms with van der Waals surface area (Å²) in [6.45, 7) is 5.95. The van der Waals surface area contributed by atoms with Crippen LogP contribution >= 0.6 is 0 Å². The molecule has 0 radical (unpaired) electrons. The van der Waals surface area contributed by atoms with Crippen LogP contribution in [0.3, 0.4) is 0 Å². The van der Waals surface area contributed by atoms with Crippen molar-refractivity contribution >= 4 is 11.7 Å². The van der Waals surface area contributed by atoms with Crippen molar-refractivity contribution in [2.75, 3.05) is 51.3 Å². The second-order valence-corrected chi connectivity index (χ2v) is 6.63. The zero-order valence-electron chi connectivity index (χ0n) is 15.8. The maximum absolute atomic E-state index is 12.0. The molecule has 0 spiro atoms. The fourth-order valence-electron chi connectivity index (χ4n) is 3.10. The van der Waals surface area contributed by atoms with E-state index in [4.69, 9.17) is 4.74 Å². The predicted molar refractivity (Wildman–Crippen MR) is 105 cm³/mol. The molecule has 0 atom stereocenters. The van der Waals surface area contributed by atoms with Gasteiger partial charge in [-0.25, -0.2) is 0 Å². The first-order valence-corrected chi connectivity index (χ1v) is 9.38. The van der Waals surface area contributed by atoms with E-state index in [9.17, 15) is 4.79 Å². The molecule has 7 nitrogen and oxygen atoms in total. The van der Waals surface area contributed by atoms with Gasteiger partial charge in [-0.3, -0.25) is 9.69 Å². The molecule has 0 saturated carbocycles. The van der Waals surface area contributed by atoms with Crippen LogP contribution in [-0.4, -0.2) is 67.4 Å². The van der Waals surface area contributed by atoms with Crippen LogP contribution in [0.4, 0.5) is 5.82 Å². The Hall–Kier alpha value is -2.51. The molecule has 2 aromatic rings. The highest BCUT2D eigenvalue weighted by molar-refractivity contribution is 5.92. The average Bonchev–Trinajstić information content (AvgIpc) is 2.72. The van der Waals surface area contributed by atoms with E-state index in [0.717, 1.165) is 45.0 Å². The minimum atomic E-state index is -0.196. The Morgan fingerprint density at radius 2 is 1.85 bits per heavy atom. The third-order valence-corrected chi connectivity index (χ3v) is 4.64. The van der Waals surface area contributed by atoms with Crippen LogP contribution < -0.4 is 10.2 Å². The highest BCUT2D eigenvalue weighted by atomic mass is 16.5. The molecule has 1 amide bonds. The molecule has 1 saturated heterocycles. The summed E-state index contributed by atoms with van der Waals surface area (Å²) in [6, 6.07) is 14.2. The van der Waals surface area contributed by atoms with E-state index >= 15 is 0 Å². The Morgan fingerprint density at radius 3 is 2.52 bits per heavy atom. The molecule has 27 heavy (non-hydrogen) atoms. The number of nitrogens with one attached hydrogen (secondary N) is 1. The van der Waals surface area contributed by atoms with Crippen molar-refractivity contribution < 1.29 is 9.53 Å². The van der Waals surface area contributed by atoms with Crippen LogP contribution in [0.25, 0.3) is 0 Å². The van der Waals surface area contributed by atoms with Crippen molar-refractivity contribution in [3.05, 3.63) is 53.7 Å². The number of carbonyl (C=O) groups excluding carboxylic acids is 1. The van der Waals surface area contributed by atoms with Gasteiger partial charge in [0.15, 0.2) is 11.5 Å². The molecule has 0 bridgehead atoms. The number of carbonyl (C=O) groups is 1. The first-order chi connectivity index (χ1) is 13.3. The SMILES string of the molecule is COCCCNC(=O)c1ccc(N2CCN(Cc3ccccc3)CC2)nn1. The van der Waals surface area contributed by atoms with Gasteiger partial charge in [0, 0.05) is 53.0 Å². The number of anilines is 1. The molecular formula is C20H27N5O2. The second kappa shape index (κ2) is 9.99. The van der Waals surface area contributed by atoms with Crippen LogP contribution in [0, 0.1) is 0 Å². The van der Waals surface area contributed by atoms with Gasteiger partial charge in [0.1, 0.15) is 0 Å². The van der Waals surface area contributed by atoms with Crippen LogP contribution in [0.2, 0.25) is 0 Å². The number of hydrogen-bond acceptors (Lipinski definition) is 6.